The molecule has 1 atom stereocenters. The third-order valence-corrected chi connectivity index (χ3v) is 5.00. The minimum absolute atomic E-state index is 0.0561. The molecule has 1 saturated carbocycles. The van der Waals surface area contributed by atoms with Crippen LogP contribution in [0.4, 0.5) is 5.69 Å². The summed E-state index contributed by atoms with van der Waals surface area (Å²) in [7, 11) is 0. The zero-order valence-corrected chi connectivity index (χ0v) is 13.6. The first-order chi connectivity index (χ1) is 9.65. The molecular formula is C14H16BrN3OS. The van der Waals surface area contributed by atoms with Gasteiger partial charge < -0.3 is 5.32 Å². The third kappa shape index (κ3) is 2.96. The fraction of sp³-hybridized carbons (Fsp3) is 0.429. The Kier molecular flexibility index (Phi) is 3.94. The fourth-order valence-electron chi connectivity index (χ4n) is 2.08. The number of anilines is 1. The number of halogens is 1. The van der Waals surface area contributed by atoms with E-state index in [1.165, 1.54) is 18.4 Å². The van der Waals surface area contributed by atoms with E-state index in [0.29, 0.717) is 10.4 Å². The van der Waals surface area contributed by atoms with E-state index in [0.717, 1.165) is 12.2 Å². The number of hydrogen-bond acceptors (Lipinski definition) is 4. The number of nitrogens with zero attached hydrogens (tertiary/aromatic N) is 2. The zero-order chi connectivity index (χ0) is 14.1. The normalized spacial score (nSPS) is 16.1. The lowest BCUT2D eigenvalue weighted by Gasteiger charge is -2.15. The van der Waals surface area contributed by atoms with Crippen LogP contribution in [0.5, 0.6) is 0 Å². The standard InChI is InChI=1S/C14H16BrN3OS/c1-9(11-4-5-20-8-11)17-12-6-16-18(7-10-2-3-10)14(19)13(12)15/h4-6,8-10,17H,2-3,7H2,1H3. The third-order valence-electron chi connectivity index (χ3n) is 3.53. The van der Waals surface area contributed by atoms with Crippen LogP contribution in [0.15, 0.2) is 32.3 Å². The van der Waals surface area contributed by atoms with E-state index in [1.807, 2.05) is 0 Å². The van der Waals surface area contributed by atoms with Crippen LogP contribution in [0.2, 0.25) is 0 Å². The quantitative estimate of drug-likeness (QED) is 0.892. The smallest absolute Gasteiger partial charge is 0.283 e. The molecular weight excluding hydrogens is 338 g/mol. The molecule has 0 radical (unpaired) electrons. The summed E-state index contributed by atoms with van der Waals surface area (Å²) in [6.07, 6.45) is 4.15. The number of nitrogens with one attached hydrogen (secondary N) is 1. The van der Waals surface area contributed by atoms with Gasteiger partial charge in [0, 0.05) is 12.6 Å². The molecule has 2 aromatic heterocycles. The van der Waals surface area contributed by atoms with Crippen LogP contribution in [0.25, 0.3) is 0 Å². The Hall–Kier alpha value is -1.14. The van der Waals surface area contributed by atoms with Crippen LogP contribution in [0, 0.1) is 5.92 Å². The molecule has 106 valence electrons. The summed E-state index contributed by atoms with van der Waals surface area (Å²) < 4.78 is 2.12. The maximum Gasteiger partial charge on any atom is 0.283 e. The SMILES string of the molecule is CC(Nc1cnn(CC2CC2)c(=O)c1Br)c1ccsc1. The summed E-state index contributed by atoms with van der Waals surface area (Å²) in [6.45, 7) is 2.81. The van der Waals surface area contributed by atoms with E-state index in [-0.39, 0.29) is 11.6 Å². The highest BCUT2D eigenvalue weighted by atomic mass is 79.9. The van der Waals surface area contributed by atoms with Crippen molar-refractivity contribution < 1.29 is 0 Å². The summed E-state index contributed by atoms with van der Waals surface area (Å²) in [5, 5.41) is 11.8. The number of thiophene rings is 1. The zero-order valence-electron chi connectivity index (χ0n) is 11.2. The number of aromatic nitrogens is 2. The van der Waals surface area contributed by atoms with Crippen LogP contribution in [-0.2, 0) is 6.54 Å². The first-order valence-corrected chi connectivity index (χ1v) is 8.43. The van der Waals surface area contributed by atoms with Crippen molar-refractivity contribution >= 4 is 33.0 Å². The Labute approximate surface area is 130 Å². The lowest BCUT2D eigenvalue weighted by atomic mass is 10.2. The van der Waals surface area contributed by atoms with Crippen LogP contribution in [0.3, 0.4) is 0 Å². The lowest BCUT2D eigenvalue weighted by Crippen LogP contribution is -2.25. The molecule has 2 heterocycles. The summed E-state index contributed by atoms with van der Waals surface area (Å²) in [6, 6.07) is 2.23. The second-order valence-corrected chi connectivity index (χ2v) is 6.80. The molecule has 0 bridgehead atoms. The Balaban J connectivity index is 1.79. The summed E-state index contributed by atoms with van der Waals surface area (Å²) in [5.74, 6) is 0.635. The van der Waals surface area contributed by atoms with Gasteiger partial charge in [0.25, 0.3) is 5.56 Å². The predicted octanol–water partition coefficient (Wildman–Crippen LogP) is 3.65. The number of rotatable bonds is 5. The molecule has 3 rings (SSSR count). The average Bonchev–Trinajstić information content (AvgIpc) is 3.07. The lowest BCUT2D eigenvalue weighted by molar-refractivity contribution is 0.531. The molecule has 2 aromatic rings. The van der Waals surface area contributed by atoms with Crippen molar-refractivity contribution in [3.8, 4) is 0 Å². The molecule has 0 spiro atoms. The fourth-order valence-corrected chi connectivity index (χ4v) is 3.25. The van der Waals surface area contributed by atoms with Crippen molar-refractivity contribution in [3.63, 3.8) is 0 Å². The highest BCUT2D eigenvalue weighted by molar-refractivity contribution is 9.10. The highest BCUT2D eigenvalue weighted by Gasteiger charge is 2.23. The van der Waals surface area contributed by atoms with E-state index in [2.05, 4.69) is 50.1 Å². The molecule has 4 nitrogen and oxygen atoms in total. The molecule has 0 amide bonds. The molecule has 1 N–H and O–H groups in total. The highest BCUT2D eigenvalue weighted by Crippen LogP contribution is 2.30. The molecule has 1 aliphatic carbocycles. The van der Waals surface area contributed by atoms with Crippen LogP contribution in [-0.4, -0.2) is 9.78 Å². The Morgan fingerprint density at radius 1 is 1.60 bits per heavy atom. The van der Waals surface area contributed by atoms with Gasteiger partial charge in [-0.05, 0) is 64.0 Å². The molecule has 0 aliphatic heterocycles. The van der Waals surface area contributed by atoms with Crippen molar-refractivity contribution in [3.05, 3.63) is 43.4 Å². The Morgan fingerprint density at radius 3 is 3.05 bits per heavy atom. The van der Waals surface area contributed by atoms with Gasteiger partial charge >= 0.3 is 0 Å². The van der Waals surface area contributed by atoms with E-state index in [9.17, 15) is 4.79 Å². The van der Waals surface area contributed by atoms with Gasteiger partial charge in [0.05, 0.1) is 11.9 Å². The second-order valence-electron chi connectivity index (χ2n) is 5.23. The minimum atomic E-state index is -0.0561. The van der Waals surface area contributed by atoms with Crippen molar-refractivity contribution in [2.75, 3.05) is 5.32 Å². The van der Waals surface area contributed by atoms with Crippen molar-refractivity contribution in [1.29, 1.82) is 0 Å². The van der Waals surface area contributed by atoms with E-state index < -0.39 is 0 Å². The van der Waals surface area contributed by atoms with Crippen molar-refractivity contribution in [2.24, 2.45) is 5.92 Å². The van der Waals surface area contributed by atoms with Gasteiger partial charge in [0.15, 0.2) is 0 Å². The topological polar surface area (TPSA) is 46.9 Å². The van der Waals surface area contributed by atoms with Gasteiger partial charge in [0.2, 0.25) is 0 Å². The minimum Gasteiger partial charge on any atom is -0.376 e. The molecule has 1 fully saturated rings. The van der Waals surface area contributed by atoms with E-state index in [4.69, 9.17) is 0 Å². The largest absolute Gasteiger partial charge is 0.376 e. The Morgan fingerprint density at radius 2 is 2.40 bits per heavy atom. The van der Waals surface area contributed by atoms with E-state index in [1.54, 1.807) is 22.2 Å². The number of hydrogen-bond donors (Lipinski definition) is 1. The van der Waals surface area contributed by atoms with Gasteiger partial charge in [-0.1, -0.05) is 0 Å². The molecule has 1 aliphatic rings. The average molecular weight is 354 g/mol. The van der Waals surface area contributed by atoms with E-state index >= 15 is 0 Å². The van der Waals surface area contributed by atoms with Gasteiger partial charge in [-0.3, -0.25) is 4.79 Å². The first kappa shape index (κ1) is 13.8. The predicted molar refractivity (Wildman–Crippen MR) is 85.3 cm³/mol. The van der Waals surface area contributed by atoms with Crippen LogP contribution in [0.1, 0.15) is 31.4 Å². The summed E-state index contributed by atoms with van der Waals surface area (Å²) >= 11 is 5.07. The van der Waals surface area contributed by atoms with Gasteiger partial charge in [0.1, 0.15) is 4.47 Å². The molecule has 20 heavy (non-hydrogen) atoms. The molecule has 6 heteroatoms. The second kappa shape index (κ2) is 5.69. The molecule has 0 aromatic carbocycles. The summed E-state index contributed by atoms with van der Waals surface area (Å²) in [4.78, 5) is 12.2. The van der Waals surface area contributed by atoms with Crippen molar-refractivity contribution in [2.45, 2.75) is 32.4 Å². The molecule has 0 saturated heterocycles. The van der Waals surface area contributed by atoms with Gasteiger partial charge in [-0.2, -0.15) is 16.4 Å². The van der Waals surface area contributed by atoms with Gasteiger partial charge in [-0.25, -0.2) is 4.68 Å². The maximum atomic E-state index is 12.2. The monoisotopic (exact) mass is 353 g/mol. The Bertz CT molecular complexity index is 649. The van der Waals surface area contributed by atoms with Crippen LogP contribution < -0.4 is 10.9 Å². The maximum absolute atomic E-state index is 12.2. The summed E-state index contributed by atoms with van der Waals surface area (Å²) in [5.41, 5.74) is 1.91. The first-order valence-electron chi connectivity index (χ1n) is 6.69. The van der Waals surface area contributed by atoms with Crippen LogP contribution >= 0.6 is 27.3 Å². The van der Waals surface area contributed by atoms with Crippen molar-refractivity contribution in [1.82, 2.24) is 9.78 Å². The van der Waals surface area contributed by atoms with Gasteiger partial charge in [-0.15, -0.1) is 0 Å². The molecule has 1 unspecified atom stereocenters.